The van der Waals surface area contributed by atoms with E-state index in [1.54, 1.807) is 18.4 Å². The van der Waals surface area contributed by atoms with Crippen molar-refractivity contribution < 1.29 is 19.4 Å². The minimum Gasteiger partial charge on any atom is -0.478 e. The highest BCUT2D eigenvalue weighted by Crippen LogP contribution is 2.34. The van der Waals surface area contributed by atoms with E-state index in [2.05, 4.69) is 0 Å². The molecule has 0 saturated heterocycles. The molecule has 2 heterocycles. The lowest BCUT2D eigenvalue weighted by Crippen LogP contribution is -2.07. The fourth-order valence-electron chi connectivity index (χ4n) is 2.90. The van der Waals surface area contributed by atoms with Crippen LogP contribution in [0.15, 0.2) is 51.9 Å². The van der Waals surface area contributed by atoms with Gasteiger partial charge in [0.1, 0.15) is 5.75 Å². The molecule has 6 heteroatoms. The monoisotopic (exact) mass is 400 g/mol. The summed E-state index contributed by atoms with van der Waals surface area (Å²) in [6.07, 6.45) is 0.453. The molecule has 0 aliphatic rings. The van der Waals surface area contributed by atoms with Crippen molar-refractivity contribution in [2.24, 2.45) is 0 Å². The molecule has 0 saturated carbocycles. The Hall–Kier alpha value is -2.41. The van der Waals surface area contributed by atoms with Crippen LogP contribution in [0, 0.1) is 6.92 Å². The third kappa shape index (κ3) is 4.66. The van der Waals surface area contributed by atoms with Crippen LogP contribution in [0.3, 0.4) is 0 Å². The summed E-state index contributed by atoms with van der Waals surface area (Å²) in [6, 6.07) is 9.71. The van der Waals surface area contributed by atoms with E-state index in [1.807, 2.05) is 58.8 Å². The summed E-state index contributed by atoms with van der Waals surface area (Å²) < 4.78 is 10.7. The molecule has 0 fully saturated rings. The zero-order chi connectivity index (χ0) is 19.2. The average Bonchev–Trinajstić information content (AvgIpc) is 3.34. The first-order valence-corrected chi connectivity index (χ1v) is 10.2. The van der Waals surface area contributed by atoms with Crippen LogP contribution in [-0.4, -0.2) is 25.0 Å². The highest BCUT2D eigenvalue weighted by molar-refractivity contribution is 7.08. The minimum absolute atomic E-state index is 0.143. The molecular formula is C21H20O4S2. The minimum atomic E-state index is -0.929. The van der Waals surface area contributed by atoms with Gasteiger partial charge in [-0.3, -0.25) is 0 Å². The van der Waals surface area contributed by atoms with Crippen LogP contribution in [0.5, 0.6) is 5.75 Å². The Bertz CT molecular complexity index is 925. The molecule has 0 amide bonds. The molecule has 1 aromatic carbocycles. The van der Waals surface area contributed by atoms with Gasteiger partial charge in [-0.25, -0.2) is 4.79 Å². The van der Waals surface area contributed by atoms with Crippen LogP contribution in [0.1, 0.15) is 22.3 Å². The topological polar surface area (TPSA) is 55.8 Å². The van der Waals surface area contributed by atoms with Crippen LogP contribution >= 0.6 is 22.7 Å². The number of ether oxygens (including phenoxy) is 2. The summed E-state index contributed by atoms with van der Waals surface area (Å²) >= 11 is 3.04. The smallest absolute Gasteiger partial charge is 0.336 e. The normalized spacial score (nSPS) is 11.9. The molecule has 0 atom stereocenters. The van der Waals surface area contributed by atoms with Crippen LogP contribution in [0.4, 0.5) is 0 Å². The van der Waals surface area contributed by atoms with Gasteiger partial charge in [-0.2, -0.15) is 22.7 Å². The fraction of sp³-hybridized carbons (Fsp3) is 0.190. The number of hydrogen-bond acceptors (Lipinski definition) is 5. The summed E-state index contributed by atoms with van der Waals surface area (Å²) in [5.41, 5.74) is 4.77. The molecule has 0 spiro atoms. The van der Waals surface area contributed by atoms with Crippen LogP contribution in [0.2, 0.25) is 0 Å². The standard InChI is InChI=1S/C21H20O4S2/c1-14-3-4-19(25-13-24-2)17(9-14)10-18(15-5-7-26-11-15)20(21(22)23)16-6-8-27-12-16/h3-9,11-12H,10,13H2,1-2H3,(H,22,23). The van der Waals surface area contributed by atoms with E-state index in [0.717, 1.165) is 27.8 Å². The SMILES string of the molecule is COCOc1ccc(C)cc1CC(=C(C(=O)O)c1ccsc1)c1ccsc1. The van der Waals surface area contributed by atoms with Gasteiger partial charge in [-0.15, -0.1) is 0 Å². The maximum Gasteiger partial charge on any atom is 0.336 e. The molecular weight excluding hydrogens is 380 g/mol. The van der Waals surface area contributed by atoms with Crippen LogP contribution < -0.4 is 4.74 Å². The van der Waals surface area contributed by atoms with E-state index in [-0.39, 0.29) is 6.79 Å². The number of aryl methyl sites for hydroxylation is 1. The second-order valence-electron chi connectivity index (χ2n) is 6.02. The van der Waals surface area contributed by atoms with Crippen molar-refractivity contribution in [3.63, 3.8) is 0 Å². The van der Waals surface area contributed by atoms with Gasteiger partial charge in [-0.05, 0) is 68.9 Å². The third-order valence-corrected chi connectivity index (χ3v) is 5.48. The van der Waals surface area contributed by atoms with Gasteiger partial charge < -0.3 is 14.6 Å². The lowest BCUT2D eigenvalue weighted by Gasteiger charge is -2.15. The average molecular weight is 401 g/mol. The number of benzene rings is 1. The first-order chi connectivity index (χ1) is 13.1. The van der Waals surface area contributed by atoms with Crippen molar-refractivity contribution in [3.05, 3.63) is 74.1 Å². The molecule has 0 radical (unpaired) electrons. The first-order valence-electron chi connectivity index (χ1n) is 8.33. The van der Waals surface area contributed by atoms with E-state index in [4.69, 9.17) is 9.47 Å². The fourth-order valence-corrected chi connectivity index (χ4v) is 4.22. The maximum absolute atomic E-state index is 12.1. The van der Waals surface area contributed by atoms with Crippen molar-refractivity contribution in [2.75, 3.05) is 13.9 Å². The highest BCUT2D eigenvalue weighted by Gasteiger charge is 2.20. The number of rotatable bonds is 8. The number of allylic oxidation sites excluding steroid dienone is 1. The molecule has 1 N–H and O–H groups in total. The Balaban J connectivity index is 2.13. The second-order valence-corrected chi connectivity index (χ2v) is 7.58. The number of carbonyl (C=O) groups is 1. The van der Waals surface area contributed by atoms with Gasteiger partial charge in [0, 0.05) is 13.5 Å². The summed E-state index contributed by atoms with van der Waals surface area (Å²) in [6.45, 7) is 2.15. The van der Waals surface area contributed by atoms with Gasteiger partial charge in [0.25, 0.3) is 0 Å². The van der Waals surface area contributed by atoms with E-state index in [9.17, 15) is 9.90 Å². The van der Waals surface area contributed by atoms with Gasteiger partial charge in [0.05, 0.1) is 5.57 Å². The Labute approximate surface area is 166 Å². The second kappa shape index (κ2) is 8.99. The molecule has 27 heavy (non-hydrogen) atoms. The lowest BCUT2D eigenvalue weighted by atomic mass is 9.91. The quantitative estimate of drug-likeness (QED) is 0.410. The summed E-state index contributed by atoms with van der Waals surface area (Å²) in [4.78, 5) is 12.1. The van der Waals surface area contributed by atoms with Crippen molar-refractivity contribution in [1.82, 2.24) is 0 Å². The number of carboxylic acids is 1. The molecule has 0 aliphatic carbocycles. The van der Waals surface area contributed by atoms with Gasteiger partial charge >= 0.3 is 5.97 Å². The van der Waals surface area contributed by atoms with Crippen molar-refractivity contribution >= 4 is 39.8 Å². The predicted octanol–water partition coefficient (Wildman–Crippen LogP) is 5.34. The van der Waals surface area contributed by atoms with Crippen molar-refractivity contribution in [1.29, 1.82) is 0 Å². The van der Waals surface area contributed by atoms with Crippen molar-refractivity contribution in [3.8, 4) is 5.75 Å². The lowest BCUT2D eigenvalue weighted by molar-refractivity contribution is -0.130. The summed E-state index contributed by atoms with van der Waals surface area (Å²) in [5, 5.41) is 17.7. The van der Waals surface area contributed by atoms with Gasteiger partial charge in [0.15, 0.2) is 6.79 Å². The van der Waals surface area contributed by atoms with Crippen LogP contribution in [0.25, 0.3) is 11.1 Å². The third-order valence-electron chi connectivity index (χ3n) is 4.11. The number of hydrogen-bond donors (Lipinski definition) is 1. The number of methoxy groups -OCH3 is 1. The highest BCUT2D eigenvalue weighted by atomic mass is 32.1. The Morgan fingerprint density at radius 2 is 1.78 bits per heavy atom. The Kier molecular flexibility index (Phi) is 6.45. The molecule has 3 aromatic rings. The number of aliphatic carboxylic acids is 1. The summed E-state index contributed by atoms with van der Waals surface area (Å²) in [5.74, 6) is -0.230. The van der Waals surface area contributed by atoms with Gasteiger partial charge in [-0.1, -0.05) is 17.7 Å². The number of carboxylic acid groups (broad SMARTS) is 1. The van der Waals surface area contributed by atoms with Crippen molar-refractivity contribution in [2.45, 2.75) is 13.3 Å². The van der Waals surface area contributed by atoms with E-state index >= 15 is 0 Å². The van der Waals surface area contributed by atoms with E-state index in [0.29, 0.717) is 17.7 Å². The molecule has 4 nitrogen and oxygen atoms in total. The van der Waals surface area contributed by atoms with E-state index in [1.165, 1.54) is 11.3 Å². The Morgan fingerprint density at radius 3 is 2.37 bits per heavy atom. The first kappa shape index (κ1) is 19.4. The van der Waals surface area contributed by atoms with Gasteiger partial charge in [0.2, 0.25) is 0 Å². The molecule has 3 rings (SSSR count). The molecule has 0 bridgehead atoms. The maximum atomic E-state index is 12.1. The molecule has 140 valence electrons. The zero-order valence-corrected chi connectivity index (χ0v) is 16.7. The predicted molar refractivity (Wildman–Crippen MR) is 110 cm³/mol. The zero-order valence-electron chi connectivity index (χ0n) is 15.1. The molecule has 0 unspecified atom stereocenters. The Morgan fingerprint density at radius 1 is 1.07 bits per heavy atom. The number of thiophene rings is 2. The molecule has 2 aromatic heterocycles. The molecule has 0 aliphatic heterocycles. The van der Waals surface area contributed by atoms with Crippen LogP contribution in [-0.2, 0) is 16.0 Å². The summed E-state index contributed by atoms with van der Waals surface area (Å²) in [7, 11) is 1.57. The van der Waals surface area contributed by atoms with E-state index < -0.39 is 5.97 Å². The largest absolute Gasteiger partial charge is 0.478 e.